The van der Waals surface area contributed by atoms with Gasteiger partial charge >= 0.3 is 0 Å². The van der Waals surface area contributed by atoms with E-state index < -0.39 is 0 Å². The number of hydrogen-bond donors (Lipinski definition) is 2. The molecule has 0 bridgehead atoms. The number of rotatable bonds is 5. The van der Waals surface area contributed by atoms with E-state index in [1.54, 1.807) is 0 Å². The van der Waals surface area contributed by atoms with Crippen molar-refractivity contribution in [1.29, 1.82) is 0 Å². The normalized spacial score (nSPS) is 23.4. The van der Waals surface area contributed by atoms with Gasteiger partial charge in [0.25, 0.3) is 5.56 Å². The van der Waals surface area contributed by atoms with Crippen LogP contribution in [-0.4, -0.2) is 40.3 Å². The summed E-state index contributed by atoms with van der Waals surface area (Å²) in [5, 5.41) is 5.76. The van der Waals surface area contributed by atoms with E-state index in [1.165, 1.54) is 11.8 Å². The fourth-order valence-corrected chi connectivity index (χ4v) is 5.28. The summed E-state index contributed by atoms with van der Waals surface area (Å²) in [7, 11) is 0. The van der Waals surface area contributed by atoms with Gasteiger partial charge in [0.05, 0.1) is 34.8 Å². The standard InChI is InChI=1S/C22H29N3O4S/c1-4-10-28-16-7-5-14(6-8-16)19-18-20(23-17(26)13-30-19)25(24-21(18)27)15-9-11-29-22(2,3)12-15/h5-8,15,19H,4,9-13H2,1-3H3,(H,23,26)(H,24,27)/t15-,19-/m0/s1. The van der Waals surface area contributed by atoms with Crippen LogP contribution in [0, 0.1) is 0 Å². The van der Waals surface area contributed by atoms with Gasteiger partial charge in [-0.25, -0.2) is 0 Å². The Morgan fingerprint density at radius 2 is 2.03 bits per heavy atom. The summed E-state index contributed by atoms with van der Waals surface area (Å²) in [6.45, 7) is 7.47. The Kier molecular flexibility index (Phi) is 5.97. The Balaban J connectivity index is 1.70. The SMILES string of the molecule is CCCOc1ccc([C@@H]2SCC(=O)Nc3c2c(=O)[nH]n3[C@H]2CCOC(C)(C)C2)cc1. The van der Waals surface area contributed by atoms with Crippen molar-refractivity contribution in [3.8, 4) is 5.75 Å². The monoisotopic (exact) mass is 431 g/mol. The van der Waals surface area contributed by atoms with Crippen molar-refractivity contribution in [2.45, 2.75) is 56.9 Å². The van der Waals surface area contributed by atoms with Crippen molar-refractivity contribution in [3.63, 3.8) is 0 Å². The molecule has 4 rings (SSSR count). The van der Waals surface area contributed by atoms with Gasteiger partial charge in [0.15, 0.2) is 0 Å². The van der Waals surface area contributed by atoms with Crippen LogP contribution in [0.2, 0.25) is 0 Å². The first kappa shape index (κ1) is 21.1. The molecule has 3 heterocycles. The first-order valence-electron chi connectivity index (χ1n) is 10.5. The lowest BCUT2D eigenvalue weighted by Gasteiger charge is -2.36. The topological polar surface area (TPSA) is 85.4 Å². The Bertz CT molecular complexity index is 964. The van der Waals surface area contributed by atoms with Crippen LogP contribution in [0.4, 0.5) is 5.82 Å². The van der Waals surface area contributed by atoms with Crippen LogP contribution in [0.1, 0.15) is 62.5 Å². The van der Waals surface area contributed by atoms with Crippen molar-refractivity contribution < 1.29 is 14.3 Å². The largest absolute Gasteiger partial charge is 0.494 e. The summed E-state index contributed by atoms with van der Waals surface area (Å²) in [5.41, 5.74) is 1.17. The molecule has 0 spiro atoms. The molecule has 1 amide bonds. The summed E-state index contributed by atoms with van der Waals surface area (Å²) in [5.74, 6) is 1.61. The molecule has 2 N–H and O–H groups in total. The van der Waals surface area contributed by atoms with Crippen LogP contribution < -0.4 is 15.6 Å². The minimum Gasteiger partial charge on any atom is -0.494 e. The van der Waals surface area contributed by atoms with Crippen LogP contribution >= 0.6 is 11.8 Å². The maximum atomic E-state index is 13.0. The van der Waals surface area contributed by atoms with Gasteiger partial charge in [-0.2, -0.15) is 0 Å². The summed E-state index contributed by atoms with van der Waals surface area (Å²) >= 11 is 1.47. The lowest BCUT2D eigenvalue weighted by molar-refractivity contribution is -0.113. The number of anilines is 1. The van der Waals surface area contributed by atoms with E-state index in [9.17, 15) is 9.59 Å². The number of aromatic amines is 1. The van der Waals surface area contributed by atoms with Gasteiger partial charge < -0.3 is 14.8 Å². The number of hydrogen-bond acceptors (Lipinski definition) is 5. The molecule has 1 fully saturated rings. The van der Waals surface area contributed by atoms with E-state index in [0.29, 0.717) is 30.3 Å². The van der Waals surface area contributed by atoms with Crippen molar-refractivity contribution >= 4 is 23.5 Å². The number of ether oxygens (including phenoxy) is 2. The first-order chi connectivity index (χ1) is 14.4. The average molecular weight is 432 g/mol. The quantitative estimate of drug-likeness (QED) is 0.751. The van der Waals surface area contributed by atoms with Crippen molar-refractivity contribution in [3.05, 3.63) is 45.7 Å². The Morgan fingerprint density at radius 3 is 2.73 bits per heavy atom. The van der Waals surface area contributed by atoms with E-state index in [2.05, 4.69) is 31.2 Å². The highest BCUT2D eigenvalue weighted by Gasteiger charge is 2.35. The third kappa shape index (κ3) is 4.30. The van der Waals surface area contributed by atoms with Gasteiger partial charge in [0, 0.05) is 6.61 Å². The average Bonchev–Trinajstić information content (AvgIpc) is 2.91. The predicted molar refractivity (Wildman–Crippen MR) is 119 cm³/mol. The molecule has 1 saturated heterocycles. The Morgan fingerprint density at radius 1 is 1.27 bits per heavy atom. The highest BCUT2D eigenvalue weighted by molar-refractivity contribution is 8.00. The molecule has 2 aliphatic rings. The van der Waals surface area contributed by atoms with Gasteiger partial charge in [0.1, 0.15) is 11.6 Å². The fraction of sp³-hybridized carbons (Fsp3) is 0.545. The molecule has 0 saturated carbocycles. The highest BCUT2D eigenvalue weighted by atomic mass is 32.2. The van der Waals surface area contributed by atoms with Crippen LogP contribution in [0.3, 0.4) is 0 Å². The number of H-pyrrole nitrogens is 1. The molecule has 162 valence electrons. The van der Waals surface area contributed by atoms with Gasteiger partial charge in [-0.15, -0.1) is 11.8 Å². The number of thioether (sulfide) groups is 1. The van der Waals surface area contributed by atoms with E-state index >= 15 is 0 Å². The number of carbonyl (C=O) groups is 1. The van der Waals surface area contributed by atoms with Crippen LogP contribution in [-0.2, 0) is 9.53 Å². The molecular weight excluding hydrogens is 402 g/mol. The van der Waals surface area contributed by atoms with Crippen molar-refractivity contribution in [1.82, 2.24) is 9.78 Å². The van der Waals surface area contributed by atoms with Gasteiger partial charge in [0.2, 0.25) is 5.91 Å². The summed E-state index contributed by atoms with van der Waals surface area (Å²) in [4.78, 5) is 25.5. The lowest BCUT2D eigenvalue weighted by Crippen LogP contribution is -2.36. The maximum absolute atomic E-state index is 13.0. The molecule has 8 heteroatoms. The summed E-state index contributed by atoms with van der Waals surface area (Å²) in [6.07, 6.45) is 2.50. The van der Waals surface area contributed by atoms with E-state index in [4.69, 9.17) is 9.47 Å². The molecule has 2 aromatic rings. The third-order valence-corrected chi connectivity index (χ3v) is 6.83. The van der Waals surface area contributed by atoms with Gasteiger partial charge in [-0.3, -0.25) is 19.4 Å². The molecule has 0 aliphatic carbocycles. The number of benzene rings is 1. The molecule has 1 aromatic heterocycles. The fourth-order valence-electron chi connectivity index (χ4n) is 4.16. The molecule has 2 atom stereocenters. The number of amides is 1. The maximum Gasteiger partial charge on any atom is 0.270 e. The molecule has 7 nitrogen and oxygen atoms in total. The molecule has 0 unspecified atom stereocenters. The van der Waals surface area contributed by atoms with Crippen molar-refractivity contribution in [2.24, 2.45) is 0 Å². The smallest absolute Gasteiger partial charge is 0.270 e. The number of nitrogens with zero attached hydrogens (tertiary/aromatic N) is 1. The molecule has 1 aromatic carbocycles. The zero-order valence-corrected chi connectivity index (χ0v) is 18.5. The Hall–Kier alpha value is -2.19. The van der Waals surface area contributed by atoms with Gasteiger partial charge in [-0.05, 0) is 50.8 Å². The van der Waals surface area contributed by atoms with Crippen LogP contribution in [0.25, 0.3) is 0 Å². The minimum atomic E-state index is -0.270. The minimum absolute atomic E-state index is 0.0686. The number of nitrogens with one attached hydrogen (secondary N) is 2. The zero-order chi connectivity index (χ0) is 21.3. The van der Waals surface area contributed by atoms with Crippen LogP contribution in [0.15, 0.2) is 29.1 Å². The second-order valence-corrected chi connectivity index (χ2v) is 9.58. The van der Waals surface area contributed by atoms with Crippen LogP contribution in [0.5, 0.6) is 5.75 Å². The molecule has 0 radical (unpaired) electrons. The lowest BCUT2D eigenvalue weighted by atomic mass is 9.94. The molecule has 30 heavy (non-hydrogen) atoms. The molecule has 2 aliphatic heterocycles. The number of fused-ring (bicyclic) bond motifs is 1. The second kappa shape index (κ2) is 8.51. The zero-order valence-electron chi connectivity index (χ0n) is 17.7. The van der Waals surface area contributed by atoms with Gasteiger partial charge in [-0.1, -0.05) is 19.1 Å². The third-order valence-electron chi connectivity index (χ3n) is 5.56. The molecular formula is C22H29N3O4S. The van der Waals surface area contributed by atoms with Crippen molar-refractivity contribution in [2.75, 3.05) is 24.3 Å². The Labute approximate surface area is 180 Å². The summed E-state index contributed by atoms with van der Waals surface area (Å²) in [6, 6.07) is 7.89. The van der Waals surface area contributed by atoms with E-state index in [-0.39, 0.29) is 28.4 Å². The van der Waals surface area contributed by atoms with E-state index in [0.717, 1.165) is 30.6 Å². The van der Waals surface area contributed by atoms with E-state index in [1.807, 2.05) is 28.9 Å². The number of aromatic nitrogens is 2. The summed E-state index contributed by atoms with van der Waals surface area (Å²) < 4.78 is 13.4. The highest BCUT2D eigenvalue weighted by Crippen LogP contribution is 2.42. The second-order valence-electron chi connectivity index (χ2n) is 8.48. The number of carbonyl (C=O) groups excluding carboxylic acids is 1. The predicted octanol–water partition coefficient (Wildman–Crippen LogP) is 3.87. The first-order valence-corrected chi connectivity index (χ1v) is 11.6.